The Labute approximate surface area is 100 Å². The molecule has 0 aromatic heterocycles. The lowest BCUT2D eigenvalue weighted by Crippen LogP contribution is -2.38. The Kier molecular flexibility index (Phi) is 3.51. The van der Waals surface area contributed by atoms with Crippen LogP contribution in [-0.2, 0) is 9.53 Å². The average molecular weight is 242 g/mol. The number of hydrogen-bond donors (Lipinski definition) is 1. The van der Waals surface area contributed by atoms with Crippen molar-refractivity contribution in [1.29, 1.82) is 0 Å². The minimum atomic E-state index is -1.07. The maximum atomic E-state index is 11.5. The Morgan fingerprint density at radius 2 is 2.12 bits per heavy atom. The molecule has 2 aliphatic heterocycles. The zero-order valence-electron chi connectivity index (χ0n) is 9.96. The molecule has 6 heteroatoms. The molecule has 0 bridgehead atoms. The summed E-state index contributed by atoms with van der Waals surface area (Å²) in [4.78, 5) is 26.0. The van der Waals surface area contributed by atoms with Gasteiger partial charge in [-0.2, -0.15) is 0 Å². The number of likely N-dealkylation sites (tertiary alicyclic amines) is 1. The number of cyclic esters (lactones) is 1. The SMILES string of the molecule is CN1CCC(CN2C[C@H](C(=O)O)OC2=O)CC1. The van der Waals surface area contributed by atoms with Gasteiger partial charge in [-0.15, -0.1) is 0 Å². The average Bonchev–Trinajstić information content (AvgIpc) is 2.64. The molecule has 0 unspecified atom stereocenters. The van der Waals surface area contributed by atoms with Crippen LogP contribution >= 0.6 is 0 Å². The highest BCUT2D eigenvalue weighted by molar-refractivity contribution is 5.81. The van der Waals surface area contributed by atoms with Gasteiger partial charge in [0.05, 0.1) is 6.54 Å². The first-order chi connectivity index (χ1) is 8.06. The van der Waals surface area contributed by atoms with E-state index in [4.69, 9.17) is 9.84 Å². The Balaban J connectivity index is 1.83. The lowest BCUT2D eigenvalue weighted by molar-refractivity contribution is -0.144. The largest absolute Gasteiger partial charge is 0.478 e. The third-order valence-corrected chi connectivity index (χ3v) is 3.48. The van der Waals surface area contributed by atoms with Crippen molar-refractivity contribution in [2.45, 2.75) is 18.9 Å². The molecule has 2 heterocycles. The number of carboxylic acids is 1. The summed E-state index contributed by atoms with van der Waals surface area (Å²) in [6.45, 7) is 2.88. The number of ether oxygens (including phenoxy) is 1. The van der Waals surface area contributed by atoms with E-state index in [1.165, 1.54) is 4.90 Å². The summed E-state index contributed by atoms with van der Waals surface area (Å²) in [5.41, 5.74) is 0. The van der Waals surface area contributed by atoms with Crippen LogP contribution in [0.2, 0.25) is 0 Å². The summed E-state index contributed by atoms with van der Waals surface area (Å²) >= 11 is 0. The van der Waals surface area contributed by atoms with Gasteiger partial charge in [-0.25, -0.2) is 9.59 Å². The molecule has 0 saturated carbocycles. The fourth-order valence-electron chi connectivity index (χ4n) is 2.34. The number of carboxylic acid groups (broad SMARTS) is 1. The van der Waals surface area contributed by atoms with Gasteiger partial charge in [0.25, 0.3) is 0 Å². The van der Waals surface area contributed by atoms with Gasteiger partial charge in [0, 0.05) is 6.54 Å². The normalized spacial score (nSPS) is 27.2. The van der Waals surface area contributed by atoms with Crippen molar-refractivity contribution in [2.75, 3.05) is 33.2 Å². The Bertz CT molecular complexity index is 313. The van der Waals surface area contributed by atoms with Crippen LogP contribution in [0.5, 0.6) is 0 Å². The van der Waals surface area contributed by atoms with Crippen molar-refractivity contribution in [3.05, 3.63) is 0 Å². The van der Waals surface area contributed by atoms with E-state index in [0.29, 0.717) is 12.5 Å². The van der Waals surface area contributed by atoms with Gasteiger partial charge in [0.15, 0.2) is 0 Å². The third-order valence-electron chi connectivity index (χ3n) is 3.48. The van der Waals surface area contributed by atoms with Gasteiger partial charge in [-0.3, -0.25) is 0 Å². The van der Waals surface area contributed by atoms with Crippen molar-refractivity contribution >= 4 is 12.1 Å². The van der Waals surface area contributed by atoms with Gasteiger partial charge >= 0.3 is 12.1 Å². The topological polar surface area (TPSA) is 70.1 Å². The predicted molar refractivity (Wildman–Crippen MR) is 59.7 cm³/mol. The number of nitrogens with zero attached hydrogens (tertiary/aromatic N) is 2. The molecule has 17 heavy (non-hydrogen) atoms. The van der Waals surface area contributed by atoms with Gasteiger partial charge in [-0.05, 0) is 38.9 Å². The first-order valence-corrected chi connectivity index (χ1v) is 5.93. The van der Waals surface area contributed by atoms with E-state index in [9.17, 15) is 9.59 Å². The minimum absolute atomic E-state index is 0.181. The molecule has 1 atom stereocenters. The van der Waals surface area contributed by atoms with Crippen LogP contribution in [0.3, 0.4) is 0 Å². The van der Waals surface area contributed by atoms with Crippen molar-refractivity contribution < 1.29 is 19.4 Å². The van der Waals surface area contributed by atoms with E-state index in [1.807, 2.05) is 0 Å². The fourth-order valence-corrected chi connectivity index (χ4v) is 2.34. The highest BCUT2D eigenvalue weighted by Gasteiger charge is 2.37. The van der Waals surface area contributed by atoms with Crippen LogP contribution in [-0.4, -0.2) is 66.3 Å². The summed E-state index contributed by atoms with van der Waals surface area (Å²) in [5, 5.41) is 8.78. The second-order valence-corrected chi connectivity index (χ2v) is 4.86. The molecule has 0 radical (unpaired) electrons. The van der Waals surface area contributed by atoms with Crippen molar-refractivity contribution in [3.63, 3.8) is 0 Å². The first-order valence-electron chi connectivity index (χ1n) is 5.93. The summed E-state index contributed by atoms with van der Waals surface area (Å²) in [5.74, 6) is -0.601. The van der Waals surface area contributed by atoms with Crippen molar-refractivity contribution in [2.24, 2.45) is 5.92 Å². The third kappa shape index (κ3) is 2.88. The molecule has 1 N–H and O–H groups in total. The number of amides is 1. The lowest BCUT2D eigenvalue weighted by Gasteiger charge is -2.30. The molecule has 2 saturated heterocycles. The Morgan fingerprint density at radius 3 is 2.65 bits per heavy atom. The summed E-state index contributed by atoms with van der Waals surface area (Å²) < 4.78 is 4.78. The second-order valence-electron chi connectivity index (χ2n) is 4.86. The molecule has 2 fully saturated rings. The quantitative estimate of drug-likeness (QED) is 0.767. The molecule has 1 amide bonds. The van der Waals surface area contributed by atoms with Crippen molar-refractivity contribution in [1.82, 2.24) is 9.80 Å². The van der Waals surface area contributed by atoms with Crippen LogP contribution in [0, 0.1) is 5.92 Å². The molecule has 0 spiro atoms. The number of hydrogen-bond acceptors (Lipinski definition) is 4. The summed E-state index contributed by atoms with van der Waals surface area (Å²) in [6, 6.07) is 0. The van der Waals surface area contributed by atoms with E-state index in [0.717, 1.165) is 25.9 Å². The first kappa shape index (κ1) is 12.2. The van der Waals surface area contributed by atoms with Gasteiger partial charge in [-0.1, -0.05) is 0 Å². The highest BCUT2D eigenvalue weighted by atomic mass is 16.6. The Morgan fingerprint density at radius 1 is 1.47 bits per heavy atom. The molecular weight excluding hydrogens is 224 g/mol. The van der Waals surface area contributed by atoms with Crippen LogP contribution < -0.4 is 0 Å². The van der Waals surface area contributed by atoms with Crippen molar-refractivity contribution in [3.8, 4) is 0 Å². The smallest absolute Gasteiger partial charge is 0.410 e. The monoisotopic (exact) mass is 242 g/mol. The van der Waals surface area contributed by atoms with E-state index in [2.05, 4.69) is 11.9 Å². The van der Waals surface area contributed by atoms with Gasteiger partial charge in [0.1, 0.15) is 0 Å². The number of carbonyl (C=O) groups excluding carboxylic acids is 1. The molecule has 96 valence electrons. The van der Waals surface area contributed by atoms with E-state index in [1.54, 1.807) is 0 Å². The second kappa shape index (κ2) is 4.91. The standard InChI is InChI=1S/C11H18N2O4/c1-12-4-2-8(3-5-12)6-13-7-9(10(14)15)17-11(13)16/h8-9H,2-7H2,1H3,(H,14,15)/t9-/m1/s1. The molecule has 2 rings (SSSR count). The van der Waals surface area contributed by atoms with Gasteiger partial charge < -0.3 is 19.6 Å². The highest BCUT2D eigenvalue weighted by Crippen LogP contribution is 2.20. The summed E-state index contributed by atoms with van der Waals surface area (Å²) in [6.07, 6.45) is 0.626. The molecule has 0 aromatic rings. The number of aliphatic carboxylic acids is 1. The van der Waals surface area contributed by atoms with Crippen LogP contribution in [0.15, 0.2) is 0 Å². The molecule has 0 aliphatic carbocycles. The van der Waals surface area contributed by atoms with Crippen LogP contribution in [0.1, 0.15) is 12.8 Å². The molecule has 0 aromatic carbocycles. The fraction of sp³-hybridized carbons (Fsp3) is 0.818. The van der Waals surface area contributed by atoms with E-state index >= 15 is 0 Å². The van der Waals surface area contributed by atoms with E-state index < -0.39 is 18.2 Å². The van der Waals surface area contributed by atoms with Gasteiger partial charge in [0.2, 0.25) is 6.10 Å². The maximum Gasteiger partial charge on any atom is 0.410 e. The van der Waals surface area contributed by atoms with E-state index in [-0.39, 0.29) is 6.54 Å². The number of carbonyl (C=O) groups is 2. The molecule has 6 nitrogen and oxygen atoms in total. The zero-order chi connectivity index (χ0) is 12.4. The Hall–Kier alpha value is -1.30. The number of rotatable bonds is 3. The van der Waals surface area contributed by atoms with Crippen LogP contribution in [0.25, 0.3) is 0 Å². The predicted octanol–water partition coefficient (Wildman–Crippen LogP) is 0.234. The minimum Gasteiger partial charge on any atom is -0.478 e. The number of piperidine rings is 1. The molecular formula is C11H18N2O4. The zero-order valence-corrected chi connectivity index (χ0v) is 9.96. The maximum absolute atomic E-state index is 11.5. The lowest BCUT2D eigenvalue weighted by atomic mass is 9.96. The molecule has 2 aliphatic rings. The summed E-state index contributed by atoms with van der Waals surface area (Å²) in [7, 11) is 2.08. The van der Waals surface area contributed by atoms with Crippen LogP contribution in [0.4, 0.5) is 4.79 Å².